The van der Waals surface area contributed by atoms with Crippen LogP contribution in [-0.2, 0) is 30.5 Å². The monoisotopic (exact) mass is 388 g/mol. The van der Waals surface area contributed by atoms with Crippen molar-refractivity contribution in [3.05, 3.63) is 47.8 Å². The third-order valence-electron chi connectivity index (χ3n) is 5.02. The number of hydrogen-bond acceptors (Lipinski definition) is 5. The Kier molecular flexibility index (Phi) is 5.87. The van der Waals surface area contributed by atoms with Crippen molar-refractivity contribution in [1.29, 1.82) is 0 Å². The van der Waals surface area contributed by atoms with Gasteiger partial charge in [0.1, 0.15) is 11.9 Å². The van der Waals surface area contributed by atoms with Gasteiger partial charge in [0, 0.05) is 6.54 Å². The first-order valence-corrected chi connectivity index (χ1v) is 9.08. The summed E-state index contributed by atoms with van der Waals surface area (Å²) >= 11 is 0. The number of rotatable bonds is 6. The number of fused-ring (bicyclic) bond motifs is 1. The average Bonchev–Trinajstić information content (AvgIpc) is 2.96. The van der Waals surface area contributed by atoms with E-state index in [0.717, 1.165) is 4.90 Å². The average molecular weight is 388 g/mol. The van der Waals surface area contributed by atoms with Crippen molar-refractivity contribution >= 4 is 23.7 Å². The van der Waals surface area contributed by atoms with E-state index in [1.54, 1.807) is 0 Å². The number of carbonyl (C=O) groups is 4. The van der Waals surface area contributed by atoms with Gasteiger partial charge in [0.05, 0.1) is 11.8 Å². The lowest BCUT2D eigenvalue weighted by molar-refractivity contribution is -0.159. The van der Waals surface area contributed by atoms with Crippen LogP contribution in [0.5, 0.6) is 0 Å². The molecule has 8 heteroatoms. The minimum absolute atomic E-state index is 0.158. The van der Waals surface area contributed by atoms with Gasteiger partial charge in [-0.05, 0) is 37.5 Å². The van der Waals surface area contributed by atoms with E-state index in [4.69, 9.17) is 4.74 Å². The summed E-state index contributed by atoms with van der Waals surface area (Å²) in [7, 11) is 0. The van der Waals surface area contributed by atoms with E-state index >= 15 is 0 Å². The predicted molar refractivity (Wildman–Crippen MR) is 95.9 cm³/mol. The number of nitrogens with one attached hydrogen (secondary N) is 1. The Morgan fingerprint density at radius 1 is 1.14 bits per heavy atom. The second-order valence-electron chi connectivity index (χ2n) is 6.89. The fourth-order valence-electron chi connectivity index (χ4n) is 3.42. The van der Waals surface area contributed by atoms with E-state index in [1.165, 1.54) is 31.2 Å². The van der Waals surface area contributed by atoms with Crippen molar-refractivity contribution in [2.24, 2.45) is 11.8 Å². The summed E-state index contributed by atoms with van der Waals surface area (Å²) in [4.78, 5) is 50.0. The highest BCUT2D eigenvalue weighted by Gasteiger charge is 2.50. The maximum Gasteiger partial charge on any atom is 0.329 e. The van der Waals surface area contributed by atoms with Gasteiger partial charge in [-0.15, -0.1) is 0 Å². The van der Waals surface area contributed by atoms with Crippen LogP contribution in [0.3, 0.4) is 0 Å². The lowest BCUT2D eigenvalue weighted by Gasteiger charge is -2.21. The van der Waals surface area contributed by atoms with Gasteiger partial charge < -0.3 is 10.1 Å². The maximum absolute atomic E-state index is 12.9. The molecule has 0 aromatic heterocycles. The van der Waals surface area contributed by atoms with Gasteiger partial charge in [-0.2, -0.15) is 0 Å². The minimum Gasteiger partial charge on any atom is -0.454 e. The summed E-state index contributed by atoms with van der Waals surface area (Å²) in [5.74, 6) is -3.32. The molecule has 0 radical (unpaired) electrons. The van der Waals surface area contributed by atoms with Crippen LogP contribution in [0.25, 0.3) is 0 Å². The van der Waals surface area contributed by atoms with E-state index < -0.39 is 36.4 Å². The normalized spacial score (nSPS) is 22.0. The van der Waals surface area contributed by atoms with Crippen LogP contribution in [0, 0.1) is 17.7 Å². The SMILES string of the molecule is C[C@H](C(=O)OCC(=O)NCc1ccc(F)cc1)N1C(=O)[C@H]2CC=CC[C@@H]2C1=O. The summed E-state index contributed by atoms with van der Waals surface area (Å²) in [6.45, 7) is 1.04. The first-order valence-electron chi connectivity index (χ1n) is 9.08. The van der Waals surface area contributed by atoms with Crippen LogP contribution in [0.1, 0.15) is 25.3 Å². The largest absolute Gasteiger partial charge is 0.454 e. The number of benzene rings is 1. The van der Waals surface area contributed by atoms with E-state index in [-0.39, 0.29) is 24.2 Å². The number of allylic oxidation sites excluding steroid dienone is 2. The molecule has 0 saturated carbocycles. The lowest BCUT2D eigenvalue weighted by atomic mass is 9.85. The molecule has 3 rings (SSSR count). The molecule has 1 aromatic carbocycles. The molecule has 1 heterocycles. The Bertz CT molecular complexity index is 794. The molecule has 3 amide bonds. The van der Waals surface area contributed by atoms with Gasteiger partial charge in [0.25, 0.3) is 5.91 Å². The summed E-state index contributed by atoms with van der Waals surface area (Å²) in [5, 5.41) is 2.55. The highest BCUT2D eigenvalue weighted by atomic mass is 19.1. The second kappa shape index (κ2) is 8.33. The number of hydrogen-bond donors (Lipinski definition) is 1. The molecule has 0 unspecified atom stereocenters. The van der Waals surface area contributed by atoms with Crippen molar-refractivity contribution < 1.29 is 28.3 Å². The fraction of sp³-hybridized carbons (Fsp3) is 0.400. The Hall–Kier alpha value is -3.03. The highest BCUT2D eigenvalue weighted by molar-refractivity contribution is 6.08. The predicted octanol–water partition coefficient (Wildman–Crippen LogP) is 1.32. The number of carbonyl (C=O) groups excluding carboxylic acids is 4. The zero-order chi connectivity index (χ0) is 20.3. The van der Waals surface area contributed by atoms with Crippen molar-refractivity contribution in [2.45, 2.75) is 32.4 Å². The van der Waals surface area contributed by atoms with Crippen molar-refractivity contribution in [2.75, 3.05) is 6.61 Å². The molecular formula is C20H21FN2O5. The molecule has 7 nitrogen and oxygen atoms in total. The Morgan fingerprint density at radius 3 is 2.29 bits per heavy atom. The second-order valence-corrected chi connectivity index (χ2v) is 6.89. The van der Waals surface area contributed by atoms with E-state index in [9.17, 15) is 23.6 Å². The zero-order valence-corrected chi connectivity index (χ0v) is 15.4. The van der Waals surface area contributed by atoms with Gasteiger partial charge in [0.2, 0.25) is 11.8 Å². The number of amides is 3. The van der Waals surface area contributed by atoms with E-state index in [1.807, 2.05) is 12.2 Å². The van der Waals surface area contributed by atoms with Crippen LogP contribution >= 0.6 is 0 Å². The van der Waals surface area contributed by atoms with Crippen molar-refractivity contribution in [3.63, 3.8) is 0 Å². The zero-order valence-electron chi connectivity index (χ0n) is 15.4. The fourth-order valence-corrected chi connectivity index (χ4v) is 3.42. The van der Waals surface area contributed by atoms with Crippen LogP contribution in [0.4, 0.5) is 4.39 Å². The van der Waals surface area contributed by atoms with Crippen LogP contribution < -0.4 is 5.32 Å². The van der Waals surface area contributed by atoms with Gasteiger partial charge >= 0.3 is 5.97 Å². The summed E-state index contributed by atoms with van der Waals surface area (Å²) in [6.07, 6.45) is 4.70. The summed E-state index contributed by atoms with van der Waals surface area (Å²) < 4.78 is 17.8. The maximum atomic E-state index is 12.9. The van der Waals surface area contributed by atoms with Gasteiger partial charge in [0.15, 0.2) is 6.61 Å². The molecule has 1 aliphatic carbocycles. The number of halogens is 1. The van der Waals surface area contributed by atoms with Gasteiger partial charge in [-0.1, -0.05) is 24.3 Å². The molecule has 0 bridgehead atoms. The van der Waals surface area contributed by atoms with Gasteiger partial charge in [-0.25, -0.2) is 9.18 Å². The highest BCUT2D eigenvalue weighted by Crippen LogP contribution is 2.36. The van der Waals surface area contributed by atoms with E-state index in [2.05, 4.69) is 5.32 Å². The molecule has 148 valence electrons. The topological polar surface area (TPSA) is 92.8 Å². The molecule has 1 fully saturated rings. The number of imide groups is 1. The molecule has 3 atom stereocenters. The standard InChI is InChI=1S/C20H21FN2O5/c1-12(23-18(25)15-4-2-3-5-16(15)19(23)26)20(27)28-11-17(24)22-10-13-6-8-14(21)9-7-13/h2-3,6-9,12,15-16H,4-5,10-11H2,1H3,(H,22,24)/t12-,15+,16+/m1/s1. The molecule has 1 aromatic rings. The molecule has 1 N–H and O–H groups in total. The number of ether oxygens (including phenoxy) is 1. The Labute approximate surface area is 161 Å². The first-order chi connectivity index (χ1) is 13.4. The number of nitrogens with zero attached hydrogens (tertiary/aromatic N) is 1. The number of esters is 1. The lowest BCUT2D eigenvalue weighted by Crippen LogP contribution is -2.45. The van der Waals surface area contributed by atoms with Crippen LogP contribution in [-0.4, -0.2) is 41.2 Å². The quantitative estimate of drug-likeness (QED) is 0.451. The molecule has 2 aliphatic rings. The molecule has 1 saturated heterocycles. The molecule has 1 aliphatic heterocycles. The van der Waals surface area contributed by atoms with Crippen molar-refractivity contribution in [3.8, 4) is 0 Å². The number of likely N-dealkylation sites (tertiary alicyclic amines) is 1. The molecule has 28 heavy (non-hydrogen) atoms. The Balaban J connectivity index is 1.49. The van der Waals surface area contributed by atoms with Crippen LogP contribution in [0.15, 0.2) is 36.4 Å². The van der Waals surface area contributed by atoms with Crippen LogP contribution in [0.2, 0.25) is 0 Å². The molecule has 0 spiro atoms. The first kappa shape index (κ1) is 19.7. The van der Waals surface area contributed by atoms with Gasteiger partial charge in [-0.3, -0.25) is 19.3 Å². The Morgan fingerprint density at radius 2 is 1.71 bits per heavy atom. The summed E-state index contributed by atoms with van der Waals surface area (Å²) in [5.41, 5.74) is 0.693. The summed E-state index contributed by atoms with van der Waals surface area (Å²) in [6, 6.07) is 4.53. The van der Waals surface area contributed by atoms with Crippen molar-refractivity contribution in [1.82, 2.24) is 10.2 Å². The molecular weight excluding hydrogens is 367 g/mol. The third-order valence-corrected chi connectivity index (χ3v) is 5.02. The third kappa shape index (κ3) is 4.11. The van der Waals surface area contributed by atoms with E-state index in [0.29, 0.717) is 18.4 Å². The smallest absolute Gasteiger partial charge is 0.329 e. The minimum atomic E-state index is -1.09.